The molecule has 0 bridgehead atoms. The fourth-order valence-electron chi connectivity index (χ4n) is 2.78. The summed E-state index contributed by atoms with van der Waals surface area (Å²) in [5.41, 5.74) is 9.07. The van der Waals surface area contributed by atoms with Crippen molar-refractivity contribution >= 4 is 5.69 Å². The molecule has 0 amide bonds. The maximum Gasteiger partial charge on any atom is 0.141 e. The Morgan fingerprint density at radius 2 is 1.87 bits per heavy atom. The van der Waals surface area contributed by atoms with Crippen molar-refractivity contribution in [3.8, 4) is 5.75 Å². The van der Waals surface area contributed by atoms with Crippen LogP contribution in [0.1, 0.15) is 18.1 Å². The van der Waals surface area contributed by atoms with Crippen molar-refractivity contribution in [3.05, 3.63) is 59.7 Å². The summed E-state index contributed by atoms with van der Waals surface area (Å²) in [5, 5.41) is 9.36. The SMILES string of the molecule is COc1ccc(CC(C)N(CCO)Cc2ccccc2)cc1N. The molecule has 0 aliphatic heterocycles. The highest BCUT2D eigenvalue weighted by Gasteiger charge is 2.15. The van der Waals surface area contributed by atoms with Gasteiger partial charge in [-0.25, -0.2) is 0 Å². The molecule has 23 heavy (non-hydrogen) atoms. The lowest BCUT2D eigenvalue weighted by Crippen LogP contribution is -2.36. The Morgan fingerprint density at radius 1 is 1.13 bits per heavy atom. The number of hydrogen-bond donors (Lipinski definition) is 2. The van der Waals surface area contributed by atoms with Crippen LogP contribution in [0.2, 0.25) is 0 Å². The van der Waals surface area contributed by atoms with Crippen LogP contribution < -0.4 is 10.5 Å². The molecule has 1 unspecified atom stereocenters. The highest BCUT2D eigenvalue weighted by atomic mass is 16.5. The van der Waals surface area contributed by atoms with Gasteiger partial charge in [0.05, 0.1) is 19.4 Å². The molecular weight excluding hydrogens is 288 g/mol. The molecule has 0 radical (unpaired) electrons. The van der Waals surface area contributed by atoms with Crippen molar-refractivity contribution in [2.45, 2.75) is 25.9 Å². The second-order valence-electron chi connectivity index (χ2n) is 5.81. The van der Waals surface area contributed by atoms with Gasteiger partial charge in [-0.05, 0) is 36.6 Å². The number of methoxy groups -OCH3 is 1. The largest absolute Gasteiger partial charge is 0.495 e. The average molecular weight is 314 g/mol. The van der Waals surface area contributed by atoms with E-state index in [0.717, 1.165) is 13.0 Å². The Morgan fingerprint density at radius 3 is 2.48 bits per heavy atom. The number of ether oxygens (including phenoxy) is 1. The number of rotatable bonds is 8. The first kappa shape index (κ1) is 17.3. The summed E-state index contributed by atoms with van der Waals surface area (Å²) < 4.78 is 5.20. The van der Waals surface area contributed by atoms with E-state index in [2.05, 4.69) is 24.0 Å². The summed E-state index contributed by atoms with van der Waals surface area (Å²) in [6.07, 6.45) is 0.876. The molecule has 3 N–H and O–H groups in total. The van der Waals surface area contributed by atoms with Crippen LogP contribution in [0.4, 0.5) is 5.69 Å². The number of aliphatic hydroxyl groups is 1. The van der Waals surface area contributed by atoms with Crippen LogP contribution in [0.15, 0.2) is 48.5 Å². The second-order valence-corrected chi connectivity index (χ2v) is 5.81. The van der Waals surface area contributed by atoms with E-state index < -0.39 is 0 Å². The van der Waals surface area contributed by atoms with Gasteiger partial charge in [-0.2, -0.15) is 0 Å². The number of aliphatic hydroxyl groups excluding tert-OH is 1. The Hall–Kier alpha value is -2.04. The Kier molecular flexibility index (Phi) is 6.44. The summed E-state index contributed by atoms with van der Waals surface area (Å²) in [6, 6.07) is 16.6. The Labute approximate surface area is 138 Å². The molecule has 0 saturated carbocycles. The summed E-state index contributed by atoms with van der Waals surface area (Å²) >= 11 is 0. The van der Waals surface area contributed by atoms with Crippen LogP contribution >= 0.6 is 0 Å². The monoisotopic (exact) mass is 314 g/mol. The maximum atomic E-state index is 9.36. The van der Waals surface area contributed by atoms with Crippen molar-refractivity contribution in [1.29, 1.82) is 0 Å². The molecule has 124 valence electrons. The van der Waals surface area contributed by atoms with Crippen LogP contribution in [0, 0.1) is 0 Å². The van der Waals surface area contributed by atoms with Gasteiger partial charge >= 0.3 is 0 Å². The second kappa shape index (κ2) is 8.56. The van der Waals surface area contributed by atoms with Gasteiger partial charge in [-0.15, -0.1) is 0 Å². The molecule has 0 fully saturated rings. The van der Waals surface area contributed by atoms with Crippen LogP contribution in [0.25, 0.3) is 0 Å². The lowest BCUT2D eigenvalue weighted by Gasteiger charge is -2.29. The van der Waals surface area contributed by atoms with E-state index in [1.54, 1.807) is 7.11 Å². The molecule has 1 atom stereocenters. The third-order valence-corrected chi connectivity index (χ3v) is 4.06. The van der Waals surface area contributed by atoms with Gasteiger partial charge in [0.1, 0.15) is 5.75 Å². The van der Waals surface area contributed by atoms with Crippen LogP contribution in [0.5, 0.6) is 5.75 Å². The van der Waals surface area contributed by atoms with Gasteiger partial charge in [-0.3, -0.25) is 4.90 Å². The molecule has 4 heteroatoms. The van der Waals surface area contributed by atoms with E-state index in [1.807, 2.05) is 36.4 Å². The molecular formula is C19H26N2O2. The minimum absolute atomic E-state index is 0.155. The standard InChI is InChI=1S/C19H26N2O2/c1-15(12-17-8-9-19(23-2)18(20)13-17)21(10-11-22)14-16-6-4-3-5-7-16/h3-9,13,15,22H,10-12,14,20H2,1-2H3. The van der Waals surface area contributed by atoms with Crippen molar-refractivity contribution in [1.82, 2.24) is 4.90 Å². The van der Waals surface area contributed by atoms with Gasteiger partial charge < -0.3 is 15.6 Å². The van der Waals surface area contributed by atoms with Gasteiger partial charge in [0.25, 0.3) is 0 Å². The van der Waals surface area contributed by atoms with E-state index in [1.165, 1.54) is 11.1 Å². The highest BCUT2D eigenvalue weighted by molar-refractivity contribution is 5.54. The highest BCUT2D eigenvalue weighted by Crippen LogP contribution is 2.23. The van der Waals surface area contributed by atoms with Crippen LogP contribution in [-0.2, 0) is 13.0 Å². The van der Waals surface area contributed by atoms with Crippen molar-refractivity contribution < 1.29 is 9.84 Å². The molecule has 0 saturated heterocycles. The third kappa shape index (κ3) is 4.98. The van der Waals surface area contributed by atoms with E-state index in [9.17, 15) is 5.11 Å². The summed E-state index contributed by atoms with van der Waals surface area (Å²) in [4.78, 5) is 2.29. The van der Waals surface area contributed by atoms with E-state index >= 15 is 0 Å². The van der Waals surface area contributed by atoms with Crippen LogP contribution in [-0.4, -0.2) is 36.3 Å². The third-order valence-electron chi connectivity index (χ3n) is 4.06. The number of benzene rings is 2. The number of nitrogens with two attached hydrogens (primary N) is 1. The molecule has 2 aromatic rings. The number of hydrogen-bond acceptors (Lipinski definition) is 4. The van der Waals surface area contributed by atoms with Crippen molar-refractivity contribution in [2.75, 3.05) is 26.0 Å². The smallest absolute Gasteiger partial charge is 0.141 e. The summed E-state index contributed by atoms with van der Waals surface area (Å²) in [7, 11) is 1.62. The van der Waals surface area contributed by atoms with E-state index in [-0.39, 0.29) is 6.61 Å². The fourth-order valence-corrected chi connectivity index (χ4v) is 2.78. The number of anilines is 1. The molecule has 0 aromatic heterocycles. The maximum absolute atomic E-state index is 9.36. The van der Waals surface area contributed by atoms with Crippen LogP contribution in [0.3, 0.4) is 0 Å². The molecule has 0 aliphatic carbocycles. The van der Waals surface area contributed by atoms with Crippen molar-refractivity contribution in [2.24, 2.45) is 0 Å². The first-order chi connectivity index (χ1) is 11.1. The molecule has 0 aliphatic rings. The van der Waals surface area contributed by atoms with E-state index in [4.69, 9.17) is 10.5 Å². The quantitative estimate of drug-likeness (QED) is 0.736. The predicted octanol–water partition coefficient (Wildman–Crippen LogP) is 2.70. The molecule has 2 rings (SSSR count). The number of nitrogen functional groups attached to an aromatic ring is 1. The molecule has 4 nitrogen and oxygen atoms in total. The first-order valence-corrected chi connectivity index (χ1v) is 7.95. The normalized spacial score (nSPS) is 12.3. The Balaban J connectivity index is 2.05. The number of nitrogens with zero attached hydrogens (tertiary/aromatic N) is 1. The molecule has 0 spiro atoms. The average Bonchev–Trinajstić information content (AvgIpc) is 2.55. The van der Waals surface area contributed by atoms with Crippen molar-refractivity contribution in [3.63, 3.8) is 0 Å². The van der Waals surface area contributed by atoms with E-state index in [0.29, 0.717) is 24.0 Å². The minimum atomic E-state index is 0.155. The fraction of sp³-hybridized carbons (Fsp3) is 0.368. The zero-order valence-corrected chi connectivity index (χ0v) is 13.9. The lowest BCUT2D eigenvalue weighted by molar-refractivity contribution is 0.150. The summed E-state index contributed by atoms with van der Waals surface area (Å²) in [5.74, 6) is 0.706. The molecule has 0 heterocycles. The zero-order valence-electron chi connectivity index (χ0n) is 13.9. The van der Waals surface area contributed by atoms with Gasteiger partial charge in [0, 0.05) is 19.1 Å². The Bertz CT molecular complexity index is 602. The topological polar surface area (TPSA) is 58.7 Å². The first-order valence-electron chi connectivity index (χ1n) is 7.95. The molecule has 2 aromatic carbocycles. The minimum Gasteiger partial charge on any atom is -0.495 e. The summed E-state index contributed by atoms with van der Waals surface area (Å²) in [6.45, 7) is 3.82. The lowest BCUT2D eigenvalue weighted by atomic mass is 10.0. The zero-order chi connectivity index (χ0) is 16.7. The van der Waals surface area contributed by atoms with Gasteiger partial charge in [-0.1, -0.05) is 36.4 Å². The van der Waals surface area contributed by atoms with Gasteiger partial charge in [0.15, 0.2) is 0 Å². The van der Waals surface area contributed by atoms with Gasteiger partial charge in [0.2, 0.25) is 0 Å². The predicted molar refractivity (Wildman–Crippen MR) is 94.5 cm³/mol.